The van der Waals surface area contributed by atoms with E-state index in [1.807, 2.05) is 0 Å². The lowest BCUT2D eigenvalue weighted by Crippen LogP contribution is -2.44. The van der Waals surface area contributed by atoms with Gasteiger partial charge in [0.2, 0.25) is 0 Å². The van der Waals surface area contributed by atoms with E-state index in [4.69, 9.17) is 13.3 Å². The number of rotatable bonds is 19. The van der Waals surface area contributed by atoms with Gasteiger partial charge in [-0.25, -0.2) is 0 Å². The maximum absolute atomic E-state index is 11.8. The Morgan fingerprint density at radius 1 is 0.862 bits per heavy atom. The second kappa shape index (κ2) is 17.2. The molecule has 1 unspecified atom stereocenters. The van der Waals surface area contributed by atoms with Crippen LogP contribution in [0.15, 0.2) is 0 Å². The number of carboxylic acids is 1. The van der Waals surface area contributed by atoms with Gasteiger partial charge < -0.3 is 29.3 Å². The fourth-order valence-corrected chi connectivity index (χ4v) is 5.72. The molecule has 0 rings (SSSR count). The number of unbranched alkanes of at least 4 members (excludes halogenated alkanes) is 8. The predicted octanol–water partition coefficient (Wildman–Crippen LogP) is 5.33. The molecule has 0 saturated heterocycles. The molecule has 4 N–H and O–H groups in total. The van der Waals surface area contributed by atoms with Crippen LogP contribution in [0.25, 0.3) is 0 Å². The highest BCUT2D eigenvalue weighted by atomic mass is 28.4. The van der Waals surface area contributed by atoms with Crippen molar-refractivity contribution >= 4 is 14.8 Å². The highest BCUT2D eigenvalue weighted by molar-refractivity contribution is 6.60. The SMILES string of the molecule is CCCCCCCCCCCC(C)(C)C(CCC[Si](OC)(OC)OC)C(=O)[O-].[NH4+]. The number of carboxylic acid groups (broad SMARTS) is 1. The van der Waals surface area contributed by atoms with E-state index in [2.05, 4.69) is 20.8 Å². The summed E-state index contributed by atoms with van der Waals surface area (Å²) < 4.78 is 16.3. The minimum atomic E-state index is -2.64. The Kier molecular flexibility index (Phi) is 18.3. The zero-order chi connectivity index (χ0) is 21.5. The van der Waals surface area contributed by atoms with Crippen LogP contribution in [-0.4, -0.2) is 36.1 Å². The Morgan fingerprint density at radius 3 is 1.72 bits per heavy atom. The summed E-state index contributed by atoms with van der Waals surface area (Å²) in [5.41, 5.74) is -0.266. The second-order valence-electron chi connectivity index (χ2n) is 8.63. The van der Waals surface area contributed by atoms with E-state index in [-0.39, 0.29) is 11.6 Å². The Bertz CT molecular complexity index is 394. The molecule has 0 aromatic rings. The summed E-state index contributed by atoms with van der Waals surface area (Å²) in [5, 5.41) is 11.8. The molecule has 7 heteroatoms. The molecule has 0 heterocycles. The molecule has 176 valence electrons. The van der Waals surface area contributed by atoms with Crippen molar-refractivity contribution in [1.29, 1.82) is 0 Å². The van der Waals surface area contributed by atoms with Gasteiger partial charge >= 0.3 is 8.80 Å². The summed E-state index contributed by atoms with van der Waals surface area (Å²) in [5.74, 6) is -1.40. The standard InChI is InChI=1S/C22H46O5Si.H3N/c1-7-8-9-10-11-12-13-14-15-18-22(2,3)20(21(23)24)17-16-19-28(25-4,26-5)27-6;/h20H,7-19H2,1-6H3,(H,23,24);1H3. The molecular formula is C22H49NO5Si. The third kappa shape index (κ3) is 12.7. The molecule has 0 aromatic heterocycles. The molecule has 0 aliphatic rings. The smallest absolute Gasteiger partial charge is 0.500 e. The average Bonchev–Trinajstić information content (AvgIpc) is 2.67. The molecule has 0 saturated carbocycles. The molecule has 29 heavy (non-hydrogen) atoms. The number of aliphatic carboxylic acids is 1. The van der Waals surface area contributed by atoms with E-state index in [0.717, 1.165) is 12.8 Å². The van der Waals surface area contributed by atoms with Crippen molar-refractivity contribution < 1.29 is 23.2 Å². The maximum atomic E-state index is 11.8. The van der Waals surface area contributed by atoms with Gasteiger partial charge in [-0.15, -0.1) is 0 Å². The highest BCUT2D eigenvalue weighted by Crippen LogP contribution is 2.36. The lowest BCUT2D eigenvalue weighted by molar-refractivity contribution is -0.315. The number of quaternary nitrogens is 1. The summed E-state index contributed by atoms with van der Waals surface area (Å²) in [6, 6.07) is 0.619. The summed E-state index contributed by atoms with van der Waals surface area (Å²) in [4.78, 5) is 11.8. The third-order valence-corrected chi connectivity index (χ3v) is 8.89. The normalized spacial score (nSPS) is 13.2. The van der Waals surface area contributed by atoms with Crippen LogP contribution in [0.2, 0.25) is 6.04 Å². The van der Waals surface area contributed by atoms with Crippen LogP contribution in [0, 0.1) is 11.3 Å². The minimum absolute atomic E-state index is 0. The summed E-state index contributed by atoms with van der Waals surface area (Å²) in [6.45, 7) is 6.37. The minimum Gasteiger partial charge on any atom is -0.550 e. The first kappa shape index (κ1) is 30.7. The van der Waals surface area contributed by atoms with Gasteiger partial charge in [0, 0.05) is 39.3 Å². The third-order valence-electron chi connectivity index (χ3n) is 6.06. The van der Waals surface area contributed by atoms with E-state index in [0.29, 0.717) is 18.9 Å². The van der Waals surface area contributed by atoms with Crippen molar-refractivity contribution in [2.75, 3.05) is 21.3 Å². The van der Waals surface area contributed by atoms with Crippen molar-refractivity contribution in [3.63, 3.8) is 0 Å². The van der Waals surface area contributed by atoms with Crippen LogP contribution in [0.5, 0.6) is 0 Å². The number of carbonyl (C=O) groups excluding carboxylic acids is 1. The number of hydrogen-bond acceptors (Lipinski definition) is 5. The summed E-state index contributed by atoms with van der Waals surface area (Å²) in [6.07, 6.45) is 13.7. The topological polar surface area (TPSA) is 104 Å². The first-order valence-corrected chi connectivity index (χ1v) is 13.1. The van der Waals surface area contributed by atoms with Crippen molar-refractivity contribution in [2.45, 2.75) is 104 Å². The Balaban J connectivity index is 0. The van der Waals surface area contributed by atoms with Crippen LogP contribution in [-0.2, 0) is 18.1 Å². The van der Waals surface area contributed by atoms with Crippen LogP contribution < -0.4 is 11.3 Å². The van der Waals surface area contributed by atoms with Crippen molar-refractivity contribution in [1.82, 2.24) is 6.15 Å². The van der Waals surface area contributed by atoms with Crippen LogP contribution in [0.4, 0.5) is 0 Å². The van der Waals surface area contributed by atoms with Gasteiger partial charge in [0.15, 0.2) is 0 Å². The fraction of sp³-hybridized carbons (Fsp3) is 0.955. The monoisotopic (exact) mass is 435 g/mol. The van der Waals surface area contributed by atoms with Gasteiger partial charge in [-0.05, 0) is 24.7 Å². The van der Waals surface area contributed by atoms with E-state index in [1.54, 1.807) is 21.3 Å². The number of hydrogen-bond donors (Lipinski definition) is 1. The molecule has 0 aliphatic carbocycles. The van der Waals surface area contributed by atoms with Gasteiger partial charge in [-0.3, -0.25) is 0 Å². The van der Waals surface area contributed by atoms with Crippen molar-refractivity contribution in [2.24, 2.45) is 11.3 Å². The molecule has 6 nitrogen and oxygen atoms in total. The highest BCUT2D eigenvalue weighted by Gasteiger charge is 2.38. The fourth-order valence-electron chi connectivity index (χ4n) is 3.97. The molecule has 0 spiro atoms. The van der Waals surface area contributed by atoms with Crippen LogP contribution >= 0.6 is 0 Å². The lowest BCUT2D eigenvalue weighted by Gasteiger charge is -2.36. The van der Waals surface area contributed by atoms with Gasteiger partial charge in [-0.1, -0.05) is 78.6 Å². The van der Waals surface area contributed by atoms with Crippen molar-refractivity contribution in [3.05, 3.63) is 0 Å². The Morgan fingerprint density at radius 2 is 1.31 bits per heavy atom. The summed E-state index contributed by atoms with van der Waals surface area (Å²) >= 11 is 0. The molecule has 0 aliphatic heterocycles. The van der Waals surface area contributed by atoms with Gasteiger partial charge in [0.25, 0.3) is 0 Å². The first-order valence-electron chi connectivity index (χ1n) is 11.1. The second-order valence-corrected chi connectivity index (χ2v) is 11.7. The average molecular weight is 436 g/mol. The Hall–Kier alpha value is -0.473. The number of carbonyl (C=O) groups is 1. The van der Waals surface area contributed by atoms with Crippen molar-refractivity contribution in [3.8, 4) is 0 Å². The molecule has 1 atom stereocenters. The quantitative estimate of drug-likeness (QED) is 0.218. The molecule has 0 fully saturated rings. The largest absolute Gasteiger partial charge is 0.550 e. The summed E-state index contributed by atoms with van der Waals surface area (Å²) in [7, 11) is 2.12. The van der Waals surface area contributed by atoms with Crippen LogP contribution in [0.1, 0.15) is 97.8 Å². The molecule has 0 bridgehead atoms. The zero-order valence-corrected chi connectivity index (χ0v) is 21.3. The van der Waals surface area contributed by atoms with Gasteiger partial charge in [0.1, 0.15) is 0 Å². The maximum Gasteiger partial charge on any atom is 0.500 e. The lowest BCUT2D eigenvalue weighted by atomic mass is 9.73. The molecular weight excluding hydrogens is 386 g/mol. The molecule has 0 amide bonds. The first-order chi connectivity index (χ1) is 13.3. The van der Waals surface area contributed by atoms with Crippen LogP contribution in [0.3, 0.4) is 0 Å². The molecule has 0 radical (unpaired) electrons. The van der Waals surface area contributed by atoms with E-state index in [1.165, 1.54) is 51.4 Å². The van der Waals surface area contributed by atoms with E-state index >= 15 is 0 Å². The van der Waals surface area contributed by atoms with Gasteiger partial charge in [-0.2, -0.15) is 0 Å². The predicted molar refractivity (Wildman–Crippen MR) is 121 cm³/mol. The molecule has 0 aromatic carbocycles. The van der Waals surface area contributed by atoms with Gasteiger partial charge in [0.05, 0.1) is 0 Å². The zero-order valence-electron chi connectivity index (χ0n) is 20.3. The Labute approximate surface area is 181 Å². The van der Waals surface area contributed by atoms with E-state index < -0.39 is 20.7 Å². The van der Waals surface area contributed by atoms with E-state index in [9.17, 15) is 9.90 Å².